The number of aliphatic carboxylic acids is 1. The van der Waals surface area contributed by atoms with Crippen LogP contribution in [0.4, 0.5) is 0 Å². The van der Waals surface area contributed by atoms with Crippen molar-refractivity contribution in [2.24, 2.45) is 0 Å². The van der Waals surface area contributed by atoms with Crippen LogP contribution in [-0.2, 0) is 4.79 Å². The second-order valence-electron chi connectivity index (χ2n) is 6.32. The lowest BCUT2D eigenvalue weighted by Gasteiger charge is -2.04. The third kappa shape index (κ3) is 19.7. The Bertz CT molecular complexity index is 244. The van der Waals surface area contributed by atoms with Crippen LogP contribution < -0.4 is 0 Å². The van der Waals surface area contributed by atoms with Gasteiger partial charge in [-0.3, -0.25) is 4.79 Å². The van der Waals surface area contributed by atoms with E-state index in [0.29, 0.717) is 6.42 Å². The highest BCUT2D eigenvalue weighted by Crippen LogP contribution is 2.14. The van der Waals surface area contributed by atoms with Crippen LogP contribution in [0.1, 0.15) is 103 Å². The molecule has 4 heteroatoms. The SMILES string of the molecule is O=C(O)CCCCCCCCCCCCCCCCC(O)Cl. The van der Waals surface area contributed by atoms with E-state index in [1.54, 1.807) is 0 Å². The summed E-state index contributed by atoms with van der Waals surface area (Å²) in [4.78, 5) is 10.3. The molecule has 0 aliphatic rings. The average molecular weight is 335 g/mol. The van der Waals surface area contributed by atoms with Gasteiger partial charge >= 0.3 is 5.97 Å². The fraction of sp³-hybridized carbons (Fsp3) is 0.944. The van der Waals surface area contributed by atoms with Crippen LogP contribution in [0.2, 0.25) is 0 Å². The smallest absolute Gasteiger partial charge is 0.303 e. The molecule has 0 fully saturated rings. The number of alkyl halides is 1. The number of halogens is 1. The first-order chi connectivity index (χ1) is 10.6. The van der Waals surface area contributed by atoms with Crippen LogP contribution in [0.3, 0.4) is 0 Å². The Labute approximate surface area is 141 Å². The summed E-state index contributed by atoms with van der Waals surface area (Å²) >= 11 is 5.48. The molecule has 0 amide bonds. The number of rotatable bonds is 17. The number of carboxylic acids is 1. The maximum absolute atomic E-state index is 10.3. The molecule has 3 nitrogen and oxygen atoms in total. The molecule has 22 heavy (non-hydrogen) atoms. The van der Waals surface area contributed by atoms with Crippen molar-refractivity contribution < 1.29 is 15.0 Å². The van der Waals surface area contributed by atoms with Crippen LogP contribution in [0.15, 0.2) is 0 Å². The van der Waals surface area contributed by atoms with Gasteiger partial charge in [0.2, 0.25) is 0 Å². The molecule has 1 atom stereocenters. The van der Waals surface area contributed by atoms with Crippen LogP contribution in [0, 0.1) is 0 Å². The van der Waals surface area contributed by atoms with Gasteiger partial charge in [0.15, 0.2) is 0 Å². The molecule has 0 saturated carbocycles. The molecule has 0 aromatic carbocycles. The minimum atomic E-state index is -0.670. The summed E-state index contributed by atoms with van der Waals surface area (Å²) in [5.41, 5.74) is -0.655. The van der Waals surface area contributed by atoms with Gasteiger partial charge in [-0.15, -0.1) is 0 Å². The molecule has 0 aliphatic carbocycles. The van der Waals surface area contributed by atoms with Crippen molar-refractivity contribution in [3.05, 3.63) is 0 Å². The first kappa shape index (κ1) is 21.7. The number of aliphatic hydroxyl groups is 1. The number of carbonyl (C=O) groups is 1. The molecule has 0 saturated heterocycles. The molecule has 0 aromatic heterocycles. The topological polar surface area (TPSA) is 57.5 Å². The van der Waals surface area contributed by atoms with Crippen LogP contribution >= 0.6 is 11.6 Å². The van der Waals surface area contributed by atoms with E-state index >= 15 is 0 Å². The van der Waals surface area contributed by atoms with Gasteiger partial charge in [0, 0.05) is 6.42 Å². The van der Waals surface area contributed by atoms with Gasteiger partial charge in [-0.25, -0.2) is 0 Å². The lowest BCUT2D eigenvalue weighted by Crippen LogP contribution is -1.94. The van der Waals surface area contributed by atoms with Gasteiger partial charge < -0.3 is 10.2 Å². The van der Waals surface area contributed by atoms with Crippen molar-refractivity contribution in [1.29, 1.82) is 0 Å². The highest BCUT2D eigenvalue weighted by molar-refractivity contribution is 6.19. The summed E-state index contributed by atoms with van der Waals surface area (Å²) in [7, 11) is 0. The van der Waals surface area contributed by atoms with Crippen molar-refractivity contribution >= 4 is 17.6 Å². The molecule has 0 heterocycles. The number of unbranched alkanes of at least 4 members (excludes halogenated alkanes) is 13. The molecular formula is C18H35ClO3. The number of hydrogen-bond donors (Lipinski definition) is 2. The standard InChI is InChI=1S/C18H35ClO3/c19-17(20)15-13-11-9-7-5-3-1-2-4-6-8-10-12-14-16-18(21)22/h17,20H,1-16H2,(H,21,22). The van der Waals surface area contributed by atoms with Gasteiger partial charge in [0.25, 0.3) is 0 Å². The zero-order chi connectivity index (χ0) is 16.5. The zero-order valence-electron chi connectivity index (χ0n) is 14.1. The zero-order valence-corrected chi connectivity index (χ0v) is 14.8. The molecule has 0 bridgehead atoms. The molecular weight excluding hydrogens is 300 g/mol. The molecule has 0 aromatic rings. The van der Waals surface area contributed by atoms with E-state index in [9.17, 15) is 4.79 Å². The van der Waals surface area contributed by atoms with Crippen molar-refractivity contribution in [2.75, 3.05) is 0 Å². The van der Waals surface area contributed by atoms with E-state index in [-0.39, 0.29) is 0 Å². The lowest BCUT2D eigenvalue weighted by atomic mass is 10.0. The summed E-state index contributed by atoms with van der Waals surface area (Å²) in [6, 6.07) is 0. The van der Waals surface area contributed by atoms with Gasteiger partial charge in [-0.1, -0.05) is 88.7 Å². The summed E-state index contributed by atoms with van der Waals surface area (Å²) in [6.07, 6.45) is 18.2. The molecule has 1 unspecified atom stereocenters. The third-order valence-corrected chi connectivity index (χ3v) is 4.30. The average Bonchev–Trinajstić information content (AvgIpc) is 2.46. The summed E-state index contributed by atoms with van der Waals surface area (Å²) in [5, 5.41) is 17.4. The lowest BCUT2D eigenvalue weighted by molar-refractivity contribution is -0.137. The van der Waals surface area contributed by atoms with Crippen LogP contribution in [-0.4, -0.2) is 21.7 Å². The van der Waals surface area contributed by atoms with Gasteiger partial charge in [0.05, 0.1) is 0 Å². The van der Waals surface area contributed by atoms with Gasteiger partial charge in [-0.05, 0) is 19.3 Å². The highest BCUT2D eigenvalue weighted by Gasteiger charge is 1.98. The number of carboxylic acid groups (broad SMARTS) is 1. The van der Waals surface area contributed by atoms with Crippen molar-refractivity contribution in [2.45, 2.75) is 108 Å². The summed E-state index contributed by atoms with van der Waals surface area (Å²) in [6.45, 7) is 0. The molecule has 132 valence electrons. The maximum Gasteiger partial charge on any atom is 0.303 e. The van der Waals surface area contributed by atoms with Gasteiger partial charge in [-0.2, -0.15) is 0 Å². The van der Waals surface area contributed by atoms with E-state index in [1.165, 1.54) is 70.6 Å². The Morgan fingerprint density at radius 3 is 1.32 bits per heavy atom. The second-order valence-corrected chi connectivity index (χ2v) is 6.82. The third-order valence-electron chi connectivity index (χ3n) is 4.08. The van der Waals surface area contributed by atoms with E-state index in [4.69, 9.17) is 21.8 Å². The largest absolute Gasteiger partial charge is 0.481 e. The Balaban J connectivity index is 2.98. The molecule has 2 N–H and O–H groups in total. The van der Waals surface area contributed by atoms with Crippen LogP contribution in [0.5, 0.6) is 0 Å². The first-order valence-electron chi connectivity index (χ1n) is 9.17. The number of hydrogen-bond acceptors (Lipinski definition) is 2. The second kappa shape index (κ2) is 17.1. The van der Waals surface area contributed by atoms with Crippen LogP contribution in [0.25, 0.3) is 0 Å². The van der Waals surface area contributed by atoms with E-state index in [2.05, 4.69) is 0 Å². The quantitative estimate of drug-likeness (QED) is 0.258. The Kier molecular flexibility index (Phi) is 16.9. The predicted octanol–water partition coefficient (Wildman–Crippen LogP) is 5.87. The fourth-order valence-electron chi connectivity index (χ4n) is 2.71. The van der Waals surface area contributed by atoms with Crippen molar-refractivity contribution in [3.63, 3.8) is 0 Å². The number of aliphatic hydroxyl groups excluding tert-OH is 1. The van der Waals surface area contributed by atoms with E-state index in [0.717, 1.165) is 25.7 Å². The predicted molar refractivity (Wildman–Crippen MR) is 93.4 cm³/mol. The Hall–Kier alpha value is -0.280. The maximum atomic E-state index is 10.3. The summed E-state index contributed by atoms with van der Waals surface area (Å²) in [5.74, 6) is -0.670. The minimum Gasteiger partial charge on any atom is -0.481 e. The highest BCUT2D eigenvalue weighted by atomic mass is 35.5. The molecule has 0 spiro atoms. The van der Waals surface area contributed by atoms with Crippen molar-refractivity contribution in [3.8, 4) is 0 Å². The Morgan fingerprint density at radius 2 is 1.00 bits per heavy atom. The van der Waals surface area contributed by atoms with E-state index < -0.39 is 11.5 Å². The minimum absolute atomic E-state index is 0.326. The molecule has 0 rings (SSSR count). The molecule has 0 aliphatic heterocycles. The fourth-order valence-corrected chi connectivity index (χ4v) is 2.86. The first-order valence-corrected chi connectivity index (χ1v) is 9.60. The normalized spacial score (nSPS) is 12.5. The summed E-state index contributed by atoms with van der Waals surface area (Å²) < 4.78 is 0. The Morgan fingerprint density at radius 1 is 0.682 bits per heavy atom. The van der Waals surface area contributed by atoms with Crippen molar-refractivity contribution in [1.82, 2.24) is 0 Å². The monoisotopic (exact) mass is 334 g/mol. The van der Waals surface area contributed by atoms with E-state index in [1.807, 2.05) is 0 Å². The van der Waals surface area contributed by atoms with Gasteiger partial charge in [0.1, 0.15) is 5.56 Å². The molecule has 0 radical (unpaired) electrons.